The van der Waals surface area contributed by atoms with Crippen molar-refractivity contribution in [3.63, 3.8) is 0 Å². The highest BCUT2D eigenvalue weighted by atomic mass is 16.4. The Balaban J connectivity index is 1.65. The molecule has 0 aromatic heterocycles. The van der Waals surface area contributed by atoms with Crippen LogP contribution in [0.2, 0.25) is 0 Å². The van der Waals surface area contributed by atoms with Gasteiger partial charge in [0, 0.05) is 26.2 Å². The molecule has 0 aromatic carbocycles. The van der Waals surface area contributed by atoms with Crippen molar-refractivity contribution in [2.45, 2.75) is 179 Å². The first-order chi connectivity index (χ1) is 34.7. The number of guanidine groups is 1. The molecule has 0 bridgehead atoms. The molecule has 0 unspecified atom stereocenters. The molecule has 3 aliphatic heterocycles. The number of aliphatic imine (C=N–C) groups is 1. The quantitative estimate of drug-likeness (QED) is 0.0218. The van der Waals surface area contributed by atoms with Crippen LogP contribution in [-0.2, 0) is 52.7 Å². The largest absolute Gasteiger partial charge is 0.480 e. The Hall–Kier alpha value is -6.68. The van der Waals surface area contributed by atoms with E-state index in [1.165, 1.54) is 49.3 Å². The lowest BCUT2D eigenvalue weighted by Crippen LogP contribution is -2.61. The van der Waals surface area contributed by atoms with E-state index in [4.69, 9.17) is 17.2 Å². The van der Waals surface area contributed by atoms with Crippen molar-refractivity contribution in [3.05, 3.63) is 0 Å². The van der Waals surface area contributed by atoms with E-state index in [1.54, 1.807) is 13.8 Å². The van der Waals surface area contributed by atoms with Crippen LogP contribution in [0, 0.1) is 5.92 Å². The van der Waals surface area contributed by atoms with Gasteiger partial charge in [0.25, 0.3) is 0 Å². The van der Waals surface area contributed by atoms with Gasteiger partial charge in [0.1, 0.15) is 60.4 Å². The smallest absolute Gasteiger partial charge is 0.326 e. The maximum atomic E-state index is 14.2. The number of rotatable bonds is 26. The first-order valence-electron chi connectivity index (χ1n) is 25.1. The van der Waals surface area contributed by atoms with Crippen LogP contribution in [0.3, 0.4) is 0 Å². The number of hydrogen-bond acceptors (Lipinski definition) is 15. The van der Waals surface area contributed by atoms with E-state index in [9.17, 15) is 68.1 Å². The zero-order valence-electron chi connectivity index (χ0n) is 43.3. The van der Waals surface area contributed by atoms with Crippen molar-refractivity contribution in [1.29, 1.82) is 0 Å². The fourth-order valence-corrected chi connectivity index (χ4v) is 8.86. The van der Waals surface area contributed by atoms with Crippen molar-refractivity contribution >= 4 is 71.0 Å². The summed E-state index contributed by atoms with van der Waals surface area (Å²) in [6.45, 7) is 9.75. The Bertz CT molecular complexity index is 2090. The van der Waals surface area contributed by atoms with Gasteiger partial charge in [-0.3, -0.25) is 52.9 Å². The molecule has 416 valence electrons. The highest BCUT2D eigenvalue weighted by Gasteiger charge is 2.45. The minimum Gasteiger partial charge on any atom is -0.480 e. The molecule has 0 aliphatic carbocycles. The summed E-state index contributed by atoms with van der Waals surface area (Å²) >= 11 is 0. The first kappa shape index (κ1) is 61.6. The molecule has 0 saturated carbocycles. The van der Waals surface area contributed by atoms with Gasteiger partial charge in [-0.25, -0.2) is 4.79 Å². The second-order valence-corrected chi connectivity index (χ2v) is 19.2. The van der Waals surface area contributed by atoms with E-state index in [0.717, 1.165) is 0 Å². The Morgan fingerprint density at radius 2 is 1.08 bits per heavy atom. The number of carboxylic acid groups (broad SMARTS) is 1. The van der Waals surface area contributed by atoms with E-state index in [1.807, 2.05) is 0 Å². The predicted octanol–water partition coefficient (Wildman–Crippen LogP) is -5.68. The van der Waals surface area contributed by atoms with Gasteiger partial charge in [-0.15, -0.1) is 0 Å². The van der Waals surface area contributed by atoms with Crippen LogP contribution in [0.25, 0.3) is 0 Å². The second-order valence-electron chi connectivity index (χ2n) is 19.2. The molecule has 0 aromatic rings. The van der Waals surface area contributed by atoms with E-state index in [2.05, 4.69) is 42.2 Å². The normalized spacial score (nSPS) is 21.4. The minimum absolute atomic E-state index is 0.0449. The number of hydrogen-bond donors (Lipinski definition) is 13. The van der Waals surface area contributed by atoms with Gasteiger partial charge >= 0.3 is 5.97 Å². The molecule has 3 aliphatic rings. The predicted molar refractivity (Wildman–Crippen MR) is 264 cm³/mol. The molecule has 16 N–H and O–H groups in total. The molecule has 3 saturated heterocycles. The van der Waals surface area contributed by atoms with Gasteiger partial charge in [0.05, 0.1) is 18.8 Å². The van der Waals surface area contributed by atoms with Crippen molar-refractivity contribution in [3.8, 4) is 0 Å². The molecule has 74 heavy (non-hydrogen) atoms. The summed E-state index contributed by atoms with van der Waals surface area (Å²) in [6.07, 6.45) is 0.952. The highest BCUT2D eigenvalue weighted by Crippen LogP contribution is 2.26. The Morgan fingerprint density at radius 1 is 0.595 bits per heavy atom. The van der Waals surface area contributed by atoms with Gasteiger partial charge in [0.15, 0.2) is 5.96 Å². The summed E-state index contributed by atoms with van der Waals surface area (Å²) in [4.78, 5) is 154. The fourth-order valence-electron chi connectivity index (χ4n) is 8.86. The summed E-state index contributed by atoms with van der Waals surface area (Å²) in [5.41, 5.74) is 16.4. The highest BCUT2D eigenvalue weighted by molar-refractivity contribution is 5.99. The van der Waals surface area contributed by atoms with E-state index < -0.39 is 144 Å². The third kappa shape index (κ3) is 16.9. The van der Waals surface area contributed by atoms with Crippen LogP contribution in [0.15, 0.2) is 4.99 Å². The average Bonchev–Trinajstić information content (AvgIpc) is 4.16. The molecular weight excluding hydrogens is 973 g/mol. The topological polar surface area (TPSA) is 433 Å². The van der Waals surface area contributed by atoms with Crippen molar-refractivity contribution < 1.29 is 68.1 Å². The molecule has 28 nitrogen and oxygen atoms in total. The summed E-state index contributed by atoms with van der Waals surface area (Å²) < 4.78 is 0. The number of nitrogens with two attached hydrogens (primary N) is 3. The zero-order chi connectivity index (χ0) is 55.7. The summed E-state index contributed by atoms with van der Waals surface area (Å²) in [7, 11) is 0. The molecule has 0 radical (unpaired) electrons. The molecule has 28 heteroatoms. The molecule has 3 fully saturated rings. The Morgan fingerprint density at radius 3 is 1.59 bits per heavy atom. The number of carbonyl (C=O) groups excluding carboxylic acids is 10. The van der Waals surface area contributed by atoms with Gasteiger partial charge in [-0.2, -0.15) is 0 Å². The monoisotopic (exact) mass is 1050 g/mol. The molecule has 10 amide bonds. The molecule has 13 atom stereocenters. The Labute approximate surface area is 429 Å². The zero-order valence-corrected chi connectivity index (χ0v) is 43.3. The molecular formula is C46H78N14O14. The number of amides is 10. The number of carboxylic acids is 1. The van der Waals surface area contributed by atoms with E-state index in [0.29, 0.717) is 25.7 Å². The van der Waals surface area contributed by atoms with Crippen LogP contribution < -0.4 is 54.4 Å². The van der Waals surface area contributed by atoms with Crippen LogP contribution in [-0.4, -0.2) is 206 Å². The summed E-state index contributed by atoms with van der Waals surface area (Å²) in [6, 6.07) is -13.4. The molecule has 0 spiro atoms. The number of carbonyl (C=O) groups is 11. The lowest BCUT2D eigenvalue weighted by Gasteiger charge is -2.33. The standard InChI is InChI=1S/C46H78N14O14/c1-8-22(2)33(45(73)74)56-40(68)31-15-10-18-58(31)42(70)25(5)52-38(66)29(21-61)55-39(67)30-14-11-19-59(30)44(72)32-16-12-20-60(32)43(71)26(6)53-41(69)34(27(7)62)57-37(65)28(13-9-17-50-46(48)49)54-36(64)24(4)51-35(63)23(3)47/h22-34,61-62H,8-21,47H2,1-7H3,(H,51,63)(H,52,66)(H,53,69)(H,54,64)(H,55,67)(H,56,68)(H,57,65)(H,73,74)(H4,48,49,50)/t22-,23-,24-,25-,26-,27+,28-,29-,30-,31-,32-,33-,34-/m0/s1. The lowest BCUT2D eigenvalue weighted by molar-refractivity contribution is -0.148. The fraction of sp³-hybridized carbons (Fsp3) is 0.739. The number of likely N-dealkylation sites (tertiary alicyclic amines) is 3. The van der Waals surface area contributed by atoms with Crippen LogP contribution in [0.5, 0.6) is 0 Å². The number of nitrogens with one attached hydrogen (secondary N) is 7. The van der Waals surface area contributed by atoms with E-state index in [-0.39, 0.29) is 70.2 Å². The molecule has 3 heterocycles. The SMILES string of the molecule is CC[C@H](C)[C@H](NC(=O)[C@@H]1CCCN1C(=O)[C@H](C)NC(=O)[C@H](CO)NC(=O)[C@@H]1CCCN1C(=O)[C@@H]1CCCN1C(=O)[C@H](C)NC(=O)[C@@H](NC(=O)[C@H](CCCN=C(N)N)NC(=O)[C@H](C)NC(=O)[C@H](C)N)[C@@H](C)O)C(=O)O. The van der Waals surface area contributed by atoms with Gasteiger partial charge in [0.2, 0.25) is 59.1 Å². The van der Waals surface area contributed by atoms with E-state index >= 15 is 0 Å². The van der Waals surface area contributed by atoms with Crippen LogP contribution in [0.4, 0.5) is 0 Å². The number of aliphatic hydroxyl groups is 2. The van der Waals surface area contributed by atoms with Crippen molar-refractivity contribution in [2.75, 3.05) is 32.8 Å². The molecule has 3 rings (SSSR count). The first-order valence-corrected chi connectivity index (χ1v) is 25.1. The summed E-state index contributed by atoms with van der Waals surface area (Å²) in [5, 5.41) is 47.7. The number of aliphatic carboxylic acids is 1. The van der Waals surface area contributed by atoms with Crippen molar-refractivity contribution in [2.24, 2.45) is 28.1 Å². The van der Waals surface area contributed by atoms with Crippen LogP contribution >= 0.6 is 0 Å². The third-order valence-electron chi connectivity index (χ3n) is 13.4. The minimum atomic E-state index is -1.65. The maximum Gasteiger partial charge on any atom is 0.326 e. The van der Waals surface area contributed by atoms with Crippen LogP contribution in [0.1, 0.15) is 106 Å². The number of aliphatic hydroxyl groups excluding tert-OH is 2. The number of nitrogens with zero attached hydrogens (tertiary/aromatic N) is 4. The van der Waals surface area contributed by atoms with Gasteiger partial charge < -0.3 is 84.4 Å². The second kappa shape index (κ2) is 28.7. The van der Waals surface area contributed by atoms with Gasteiger partial charge in [-0.1, -0.05) is 20.3 Å². The van der Waals surface area contributed by atoms with Gasteiger partial charge in [-0.05, 0) is 91.9 Å². The van der Waals surface area contributed by atoms with Crippen molar-refractivity contribution in [1.82, 2.24) is 51.9 Å². The third-order valence-corrected chi connectivity index (χ3v) is 13.4. The average molecular weight is 1050 g/mol. The lowest BCUT2D eigenvalue weighted by atomic mass is 9.98. The summed E-state index contributed by atoms with van der Waals surface area (Å²) in [5.74, 6) is -9.32. The maximum absolute atomic E-state index is 14.2. The Kier molecular flexibility index (Phi) is 23.9.